The first kappa shape index (κ1) is 21.8. The van der Waals surface area contributed by atoms with Crippen LogP contribution in [0.15, 0.2) is 11.1 Å². The van der Waals surface area contributed by atoms with E-state index >= 15 is 0 Å². The van der Waals surface area contributed by atoms with E-state index in [-0.39, 0.29) is 17.1 Å². The summed E-state index contributed by atoms with van der Waals surface area (Å²) in [5.41, 5.74) is 4.84. The molecule has 0 spiro atoms. The van der Waals surface area contributed by atoms with Crippen LogP contribution in [0.3, 0.4) is 0 Å². The summed E-state index contributed by atoms with van der Waals surface area (Å²) in [6.07, 6.45) is -4.22. The summed E-state index contributed by atoms with van der Waals surface area (Å²) in [5.74, 6) is -0.177. The summed E-state index contributed by atoms with van der Waals surface area (Å²) in [6.45, 7) is -0.651. The van der Waals surface area contributed by atoms with E-state index in [0.29, 0.717) is 0 Å². The fourth-order valence-electron chi connectivity index (χ4n) is 2.40. The zero-order valence-corrected chi connectivity index (χ0v) is 15.4. The second-order valence-electron chi connectivity index (χ2n) is 5.18. The predicted molar refractivity (Wildman–Crippen MR) is 77.9 cm³/mol. The molecule has 1 saturated heterocycles. The Balaban J connectivity index is 0.000000817. The van der Waals surface area contributed by atoms with Crippen molar-refractivity contribution in [1.82, 2.24) is 19.5 Å². The fourth-order valence-corrected chi connectivity index (χ4v) is 2.74. The molecule has 0 aliphatic carbocycles. The van der Waals surface area contributed by atoms with Crippen LogP contribution in [0, 0.1) is 0 Å². The molecule has 0 aromatic carbocycles. The Morgan fingerprint density at radius 3 is 2.63 bits per heavy atom. The van der Waals surface area contributed by atoms with Crippen molar-refractivity contribution < 1.29 is 58.1 Å². The van der Waals surface area contributed by atoms with Crippen LogP contribution in [-0.4, -0.2) is 64.4 Å². The topological polar surface area (TPSA) is 243 Å². The third-order valence-electron chi connectivity index (χ3n) is 3.47. The molecule has 1 aliphatic rings. The molecule has 0 bridgehead atoms. The third-order valence-corrected chi connectivity index (χ3v) is 3.95. The SMILES string of the molecule is Nc1nc2c(ncn2[C@@H]2O[C@H](COP(=O)(O)O)[C@@H](O)[C@H]2O)c(=O)[nH]1.[O][V]=[O]. The zero-order chi connectivity index (χ0) is 20.4. The number of ether oxygens (including phenoxy) is 1. The van der Waals surface area contributed by atoms with E-state index in [1.165, 1.54) is 10.9 Å². The molecule has 1 aliphatic heterocycles. The zero-order valence-electron chi connectivity index (χ0n) is 13.1. The predicted octanol–water partition coefficient (Wildman–Crippen LogP) is -2.81. The van der Waals surface area contributed by atoms with Crippen molar-refractivity contribution >= 4 is 24.9 Å². The average Bonchev–Trinajstić information content (AvgIpc) is 3.08. The van der Waals surface area contributed by atoms with Crippen molar-refractivity contribution in [3.8, 4) is 0 Å². The van der Waals surface area contributed by atoms with Crippen molar-refractivity contribution in [2.45, 2.75) is 24.5 Å². The molecule has 1 radical (unpaired) electrons. The second kappa shape index (κ2) is 8.66. The molecule has 1 fully saturated rings. The summed E-state index contributed by atoms with van der Waals surface area (Å²) in [7, 11) is -4.76. The van der Waals surface area contributed by atoms with Gasteiger partial charge in [0.05, 0.1) is 12.9 Å². The monoisotopic (exact) mass is 446 g/mol. The minimum atomic E-state index is -4.76. The van der Waals surface area contributed by atoms with E-state index in [0.717, 1.165) is 0 Å². The summed E-state index contributed by atoms with van der Waals surface area (Å²) < 4.78 is 38.5. The van der Waals surface area contributed by atoms with E-state index in [1.54, 1.807) is 0 Å². The minimum absolute atomic E-state index is 0.0176. The van der Waals surface area contributed by atoms with Gasteiger partial charge in [0.15, 0.2) is 17.4 Å². The number of imidazole rings is 1. The molecule has 7 N–H and O–H groups in total. The third kappa shape index (κ3) is 5.05. The van der Waals surface area contributed by atoms with Gasteiger partial charge in [0, 0.05) is 0 Å². The number of phosphoric ester groups is 1. The summed E-state index contributed by atoms with van der Waals surface area (Å²) >= 11 is -1.81. The average molecular weight is 446 g/mol. The Bertz CT molecular complexity index is 913. The molecule has 2 aromatic rings. The number of aliphatic hydroxyl groups is 2. The molecule has 15 nitrogen and oxygen atoms in total. The molecule has 17 heteroatoms. The van der Waals surface area contributed by atoms with E-state index in [2.05, 4.69) is 19.5 Å². The van der Waals surface area contributed by atoms with Gasteiger partial charge in [-0.25, -0.2) is 9.55 Å². The van der Waals surface area contributed by atoms with Crippen LogP contribution in [0.2, 0.25) is 0 Å². The molecule has 3 rings (SSSR count). The number of aliphatic hydroxyl groups excluding tert-OH is 2. The number of nitrogens with two attached hydrogens (primary N) is 1. The van der Waals surface area contributed by atoms with Gasteiger partial charge in [-0.2, -0.15) is 4.98 Å². The summed E-state index contributed by atoms with van der Waals surface area (Å²) in [5, 5.41) is 20.1. The van der Waals surface area contributed by atoms with Crippen molar-refractivity contribution in [3.05, 3.63) is 16.7 Å². The number of phosphoric acid groups is 1. The Morgan fingerprint density at radius 2 is 2.04 bits per heavy atom. The van der Waals surface area contributed by atoms with E-state index < -0.39 is 61.1 Å². The number of nitrogen functional groups attached to an aromatic ring is 1. The summed E-state index contributed by atoms with van der Waals surface area (Å²) in [6, 6.07) is 0. The van der Waals surface area contributed by atoms with E-state index in [9.17, 15) is 19.6 Å². The first-order chi connectivity index (χ1) is 12.6. The molecule has 0 amide bonds. The number of nitrogens with one attached hydrogen (secondary N) is 1. The number of fused-ring (bicyclic) bond motifs is 1. The standard InChI is InChI=1S/C10H14N5O8P.2O.V/c11-10-13-7-4(8(18)14-10)12-2-15(7)9-6(17)5(16)3(23-9)1-22-24(19,20)21;;;/h2-3,5-6,9,16-17H,1H2,(H2,19,20,21)(H3,11,13,14,18);;;/t3-,5-,6-,9-;;;/m1.../s1. The number of rotatable bonds is 4. The molecule has 2 aromatic heterocycles. The fraction of sp³-hybridized carbons (Fsp3) is 0.500. The van der Waals surface area contributed by atoms with Gasteiger partial charge in [0.25, 0.3) is 5.56 Å². The molecular weight excluding hydrogens is 432 g/mol. The van der Waals surface area contributed by atoms with Gasteiger partial charge in [0.2, 0.25) is 5.95 Å². The van der Waals surface area contributed by atoms with Gasteiger partial charge in [0.1, 0.15) is 18.3 Å². The van der Waals surface area contributed by atoms with Crippen LogP contribution >= 0.6 is 7.82 Å². The van der Waals surface area contributed by atoms with Crippen LogP contribution in [0.4, 0.5) is 5.95 Å². The van der Waals surface area contributed by atoms with Crippen molar-refractivity contribution in [2.75, 3.05) is 12.3 Å². The van der Waals surface area contributed by atoms with Crippen LogP contribution in [-0.2, 0) is 38.1 Å². The van der Waals surface area contributed by atoms with Gasteiger partial charge in [-0.15, -0.1) is 0 Å². The Kier molecular flexibility index (Phi) is 6.99. The van der Waals surface area contributed by atoms with Gasteiger partial charge < -0.3 is 30.5 Å². The maximum atomic E-state index is 11.7. The molecule has 0 unspecified atom stereocenters. The van der Waals surface area contributed by atoms with E-state index in [1.807, 2.05) is 0 Å². The van der Waals surface area contributed by atoms with Gasteiger partial charge in [-0.05, 0) is 0 Å². The van der Waals surface area contributed by atoms with E-state index in [4.69, 9.17) is 28.0 Å². The van der Waals surface area contributed by atoms with Crippen molar-refractivity contribution in [2.24, 2.45) is 0 Å². The Morgan fingerprint density at radius 1 is 1.41 bits per heavy atom. The molecule has 0 saturated carbocycles. The van der Waals surface area contributed by atoms with Crippen LogP contribution in [0.5, 0.6) is 0 Å². The van der Waals surface area contributed by atoms with Crippen LogP contribution in [0.25, 0.3) is 11.2 Å². The first-order valence-electron chi connectivity index (χ1n) is 6.98. The molecular formula is C10H14N5O10PV. The number of nitrogens with zero attached hydrogens (tertiary/aromatic N) is 3. The Hall–Kier alpha value is -1.52. The number of anilines is 1. The van der Waals surface area contributed by atoms with Crippen molar-refractivity contribution in [3.63, 3.8) is 0 Å². The Labute approximate surface area is 156 Å². The van der Waals surface area contributed by atoms with Crippen LogP contribution in [0.1, 0.15) is 6.23 Å². The van der Waals surface area contributed by atoms with Gasteiger partial charge in [-0.3, -0.25) is 18.9 Å². The maximum absolute atomic E-state index is 11.7. The molecule has 149 valence electrons. The van der Waals surface area contributed by atoms with Crippen molar-refractivity contribution in [1.29, 1.82) is 0 Å². The molecule has 3 heterocycles. The van der Waals surface area contributed by atoms with Gasteiger partial charge >= 0.3 is 32.1 Å². The summed E-state index contributed by atoms with van der Waals surface area (Å²) in [4.78, 5) is 39.1. The number of aromatic nitrogens is 4. The molecule has 4 atom stereocenters. The quantitative estimate of drug-likeness (QED) is 0.261. The second-order valence-corrected chi connectivity index (χ2v) is 6.65. The normalized spacial score (nSPS) is 25.2. The first-order valence-corrected chi connectivity index (χ1v) is 9.65. The number of hydrogen-bond acceptors (Lipinski definition) is 10. The number of hydrogen-bond donors (Lipinski definition) is 6. The van der Waals surface area contributed by atoms with Crippen LogP contribution < -0.4 is 11.3 Å². The molecule has 27 heavy (non-hydrogen) atoms. The number of aromatic amines is 1. The number of H-pyrrole nitrogens is 1. The van der Waals surface area contributed by atoms with Gasteiger partial charge in [-0.1, -0.05) is 0 Å².